The summed E-state index contributed by atoms with van der Waals surface area (Å²) in [5, 5.41) is 6.35. The fourth-order valence-electron chi connectivity index (χ4n) is 3.71. The molecule has 0 spiro atoms. The van der Waals surface area contributed by atoms with Crippen LogP contribution in [0, 0.1) is 0 Å². The van der Waals surface area contributed by atoms with E-state index in [2.05, 4.69) is 21.7 Å². The van der Waals surface area contributed by atoms with Crippen molar-refractivity contribution in [3.8, 4) is 0 Å². The zero-order chi connectivity index (χ0) is 22.2. The van der Waals surface area contributed by atoms with Gasteiger partial charge in [0.2, 0.25) is 5.91 Å². The summed E-state index contributed by atoms with van der Waals surface area (Å²) in [6.45, 7) is 1.56. The van der Waals surface area contributed by atoms with E-state index in [-0.39, 0.29) is 18.4 Å². The standard InChI is InChI=1S/C24H31N5O2/c1-25-24(26-14-13-18-8-6-10-20(16-18)23(31)28(2)3)27-17-22(30)29-15-7-11-19-9-4-5-12-21(19)29/h4-6,8-10,12,16H,7,11,13-15,17H2,1-3H3,(H2,25,26,27). The zero-order valence-corrected chi connectivity index (χ0v) is 18.5. The molecule has 2 amide bonds. The van der Waals surface area contributed by atoms with Crippen molar-refractivity contribution < 1.29 is 9.59 Å². The fraction of sp³-hybridized carbons (Fsp3) is 0.375. The lowest BCUT2D eigenvalue weighted by Gasteiger charge is -2.29. The molecule has 31 heavy (non-hydrogen) atoms. The molecule has 0 fully saturated rings. The van der Waals surface area contributed by atoms with Gasteiger partial charge >= 0.3 is 0 Å². The largest absolute Gasteiger partial charge is 0.356 e. The third-order valence-electron chi connectivity index (χ3n) is 5.33. The molecule has 2 aromatic carbocycles. The molecule has 2 aromatic rings. The number of hydrogen-bond acceptors (Lipinski definition) is 3. The molecule has 0 atom stereocenters. The highest BCUT2D eigenvalue weighted by atomic mass is 16.2. The van der Waals surface area contributed by atoms with Gasteiger partial charge in [0, 0.05) is 45.5 Å². The van der Waals surface area contributed by atoms with E-state index in [9.17, 15) is 9.59 Å². The Hall–Kier alpha value is -3.35. The molecule has 0 aromatic heterocycles. The maximum absolute atomic E-state index is 12.8. The average Bonchev–Trinajstić information content (AvgIpc) is 2.80. The summed E-state index contributed by atoms with van der Waals surface area (Å²) in [6.07, 6.45) is 2.73. The molecule has 164 valence electrons. The van der Waals surface area contributed by atoms with E-state index >= 15 is 0 Å². The van der Waals surface area contributed by atoms with Crippen LogP contribution in [0.1, 0.15) is 27.9 Å². The van der Waals surface area contributed by atoms with E-state index in [1.807, 2.05) is 47.4 Å². The molecule has 1 aliphatic heterocycles. The normalized spacial score (nSPS) is 13.4. The second kappa shape index (κ2) is 10.6. The van der Waals surface area contributed by atoms with Crippen molar-refractivity contribution in [2.24, 2.45) is 4.99 Å². The van der Waals surface area contributed by atoms with Crippen molar-refractivity contribution in [3.63, 3.8) is 0 Å². The Bertz CT molecular complexity index is 954. The zero-order valence-electron chi connectivity index (χ0n) is 18.5. The van der Waals surface area contributed by atoms with E-state index in [0.717, 1.165) is 37.1 Å². The smallest absolute Gasteiger partial charge is 0.253 e. The predicted octanol–water partition coefficient (Wildman–Crippen LogP) is 2.08. The van der Waals surface area contributed by atoms with E-state index in [1.165, 1.54) is 5.56 Å². The molecule has 1 heterocycles. The van der Waals surface area contributed by atoms with Crippen molar-refractivity contribution in [2.75, 3.05) is 45.7 Å². The Morgan fingerprint density at radius 1 is 1.10 bits per heavy atom. The Kier molecular flexibility index (Phi) is 7.65. The highest BCUT2D eigenvalue weighted by Crippen LogP contribution is 2.26. The Labute approximate surface area is 184 Å². The Balaban J connectivity index is 1.49. The summed E-state index contributed by atoms with van der Waals surface area (Å²) in [7, 11) is 5.18. The molecule has 0 unspecified atom stereocenters. The number of hydrogen-bond donors (Lipinski definition) is 2. The summed E-state index contributed by atoms with van der Waals surface area (Å²) in [5.74, 6) is 0.606. The van der Waals surface area contributed by atoms with E-state index < -0.39 is 0 Å². The molecule has 0 saturated heterocycles. The Morgan fingerprint density at radius 2 is 1.90 bits per heavy atom. The van der Waals surface area contributed by atoms with Gasteiger partial charge < -0.3 is 20.4 Å². The summed E-state index contributed by atoms with van der Waals surface area (Å²) in [5.41, 5.74) is 3.98. The molecular formula is C24H31N5O2. The number of carbonyl (C=O) groups is 2. The number of aryl methyl sites for hydroxylation is 1. The quantitative estimate of drug-likeness (QED) is 0.553. The van der Waals surface area contributed by atoms with Gasteiger partial charge in [-0.25, -0.2) is 0 Å². The summed E-state index contributed by atoms with van der Waals surface area (Å²) in [6, 6.07) is 15.7. The van der Waals surface area contributed by atoms with Crippen molar-refractivity contribution in [3.05, 3.63) is 65.2 Å². The van der Waals surface area contributed by atoms with Gasteiger partial charge in [0.05, 0.1) is 6.54 Å². The molecule has 2 N–H and O–H groups in total. The van der Waals surface area contributed by atoms with Gasteiger partial charge in [0.15, 0.2) is 5.96 Å². The highest BCUT2D eigenvalue weighted by Gasteiger charge is 2.21. The minimum Gasteiger partial charge on any atom is -0.356 e. The number of amides is 2. The van der Waals surface area contributed by atoms with Gasteiger partial charge in [-0.15, -0.1) is 0 Å². The van der Waals surface area contributed by atoms with Crippen LogP contribution in [0.5, 0.6) is 0 Å². The lowest BCUT2D eigenvalue weighted by atomic mass is 10.0. The van der Waals surface area contributed by atoms with Gasteiger partial charge in [0.1, 0.15) is 0 Å². The number of guanidine groups is 1. The third kappa shape index (κ3) is 5.84. The number of rotatable bonds is 6. The molecule has 0 radical (unpaired) electrons. The maximum atomic E-state index is 12.8. The van der Waals surface area contributed by atoms with E-state index in [0.29, 0.717) is 18.1 Å². The number of aliphatic imine (C=N–C) groups is 1. The van der Waals surface area contributed by atoms with Crippen LogP contribution < -0.4 is 15.5 Å². The van der Waals surface area contributed by atoms with Crippen LogP contribution in [-0.4, -0.2) is 63.5 Å². The fourth-order valence-corrected chi connectivity index (χ4v) is 3.71. The first-order chi connectivity index (χ1) is 15.0. The van der Waals surface area contributed by atoms with Crippen LogP contribution in [0.3, 0.4) is 0 Å². The van der Waals surface area contributed by atoms with Crippen LogP contribution in [0.15, 0.2) is 53.5 Å². The van der Waals surface area contributed by atoms with Crippen LogP contribution in [-0.2, 0) is 17.6 Å². The first kappa shape index (κ1) is 22.3. The van der Waals surface area contributed by atoms with Crippen LogP contribution in [0.2, 0.25) is 0 Å². The van der Waals surface area contributed by atoms with Gasteiger partial charge in [-0.3, -0.25) is 14.6 Å². The third-order valence-corrected chi connectivity index (χ3v) is 5.33. The topological polar surface area (TPSA) is 77.0 Å². The number of carbonyl (C=O) groups excluding carboxylic acids is 2. The molecular weight excluding hydrogens is 390 g/mol. The molecule has 7 nitrogen and oxygen atoms in total. The highest BCUT2D eigenvalue weighted by molar-refractivity contribution is 5.98. The molecule has 3 rings (SSSR count). The molecule has 0 bridgehead atoms. The summed E-state index contributed by atoms with van der Waals surface area (Å²) < 4.78 is 0. The van der Waals surface area contributed by atoms with Gasteiger partial charge in [-0.05, 0) is 48.6 Å². The molecule has 0 aliphatic carbocycles. The lowest BCUT2D eigenvalue weighted by Crippen LogP contribution is -2.46. The summed E-state index contributed by atoms with van der Waals surface area (Å²) >= 11 is 0. The minimum atomic E-state index is -0.00918. The Morgan fingerprint density at radius 3 is 2.68 bits per heavy atom. The second-order valence-electron chi connectivity index (χ2n) is 7.78. The van der Waals surface area contributed by atoms with Gasteiger partial charge in [0.25, 0.3) is 5.91 Å². The monoisotopic (exact) mass is 421 g/mol. The van der Waals surface area contributed by atoms with E-state index in [4.69, 9.17) is 0 Å². The van der Waals surface area contributed by atoms with Crippen molar-refractivity contribution in [1.82, 2.24) is 15.5 Å². The van der Waals surface area contributed by atoms with Crippen LogP contribution >= 0.6 is 0 Å². The van der Waals surface area contributed by atoms with Crippen molar-refractivity contribution in [2.45, 2.75) is 19.3 Å². The van der Waals surface area contributed by atoms with Crippen LogP contribution in [0.25, 0.3) is 0 Å². The van der Waals surface area contributed by atoms with Crippen molar-refractivity contribution in [1.29, 1.82) is 0 Å². The first-order valence-electron chi connectivity index (χ1n) is 10.6. The molecule has 1 aliphatic rings. The number of nitrogens with one attached hydrogen (secondary N) is 2. The number of benzene rings is 2. The number of fused-ring (bicyclic) bond motifs is 1. The molecule has 7 heteroatoms. The number of para-hydroxylation sites is 1. The molecule has 0 saturated carbocycles. The van der Waals surface area contributed by atoms with Crippen molar-refractivity contribution >= 4 is 23.5 Å². The van der Waals surface area contributed by atoms with Gasteiger partial charge in [-0.1, -0.05) is 30.3 Å². The maximum Gasteiger partial charge on any atom is 0.253 e. The lowest BCUT2D eigenvalue weighted by molar-refractivity contribution is -0.117. The van der Waals surface area contributed by atoms with Crippen LogP contribution in [0.4, 0.5) is 5.69 Å². The number of anilines is 1. The summed E-state index contributed by atoms with van der Waals surface area (Å²) in [4.78, 5) is 32.5. The SMILES string of the molecule is CN=C(NCCc1cccc(C(=O)N(C)C)c1)NCC(=O)N1CCCc2ccccc21. The first-order valence-corrected chi connectivity index (χ1v) is 10.6. The minimum absolute atomic E-state index is 0.00918. The van der Waals surface area contributed by atoms with Gasteiger partial charge in [-0.2, -0.15) is 0 Å². The average molecular weight is 422 g/mol. The van der Waals surface area contributed by atoms with E-state index in [1.54, 1.807) is 26.0 Å². The second-order valence-corrected chi connectivity index (χ2v) is 7.78. The number of nitrogens with zero attached hydrogens (tertiary/aromatic N) is 3. The predicted molar refractivity (Wildman–Crippen MR) is 125 cm³/mol.